The Labute approximate surface area is 185 Å². The van der Waals surface area contributed by atoms with Crippen LogP contribution in [0.15, 0.2) is 84.0 Å². The van der Waals surface area contributed by atoms with Gasteiger partial charge in [0.15, 0.2) is 11.5 Å². The van der Waals surface area contributed by atoms with Gasteiger partial charge in [-0.1, -0.05) is 54.6 Å². The lowest BCUT2D eigenvalue weighted by Crippen LogP contribution is -2.18. The fourth-order valence-corrected chi connectivity index (χ4v) is 3.21. The standard InChI is InChI=1S/C25H22N4O3/c1-31-23-13-8-17(14-24(23)32-2)16-26-29-25(30)22-15-21(27-28-22)20-11-9-19(10-12-20)18-6-4-3-5-7-18/h3-16H,1-2H3,(H,27,28)(H,29,30)/b26-16+. The number of carbonyl (C=O) groups is 1. The molecule has 1 aromatic heterocycles. The molecule has 0 saturated carbocycles. The van der Waals surface area contributed by atoms with Crippen molar-refractivity contribution in [2.24, 2.45) is 5.10 Å². The van der Waals surface area contributed by atoms with Gasteiger partial charge in [-0.15, -0.1) is 0 Å². The minimum atomic E-state index is -0.388. The van der Waals surface area contributed by atoms with Gasteiger partial charge in [0.05, 0.1) is 26.1 Å². The number of carbonyl (C=O) groups excluding carboxylic acids is 1. The number of aromatic amines is 1. The van der Waals surface area contributed by atoms with Gasteiger partial charge in [0.1, 0.15) is 5.69 Å². The average molecular weight is 426 g/mol. The van der Waals surface area contributed by atoms with Gasteiger partial charge in [0.2, 0.25) is 0 Å². The quantitative estimate of drug-likeness (QED) is 0.336. The predicted molar refractivity (Wildman–Crippen MR) is 124 cm³/mol. The highest BCUT2D eigenvalue weighted by atomic mass is 16.5. The monoisotopic (exact) mass is 426 g/mol. The van der Waals surface area contributed by atoms with Crippen molar-refractivity contribution < 1.29 is 14.3 Å². The number of amides is 1. The Morgan fingerprint density at radius 2 is 1.56 bits per heavy atom. The number of benzene rings is 3. The van der Waals surface area contributed by atoms with Crippen molar-refractivity contribution in [1.29, 1.82) is 0 Å². The first-order valence-electron chi connectivity index (χ1n) is 9.94. The molecule has 0 bridgehead atoms. The largest absolute Gasteiger partial charge is 0.493 e. The summed E-state index contributed by atoms with van der Waals surface area (Å²) in [5.74, 6) is 0.816. The molecule has 7 heteroatoms. The van der Waals surface area contributed by atoms with Crippen LogP contribution in [0.4, 0.5) is 0 Å². The Hall–Kier alpha value is -4.39. The van der Waals surface area contributed by atoms with E-state index in [1.165, 1.54) is 6.21 Å². The molecule has 1 heterocycles. The fraction of sp³-hybridized carbons (Fsp3) is 0.0800. The summed E-state index contributed by atoms with van der Waals surface area (Å²) in [4.78, 5) is 12.4. The smallest absolute Gasteiger partial charge is 0.289 e. The van der Waals surface area contributed by atoms with Crippen LogP contribution in [0.2, 0.25) is 0 Å². The van der Waals surface area contributed by atoms with Gasteiger partial charge in [-0.2, -0.15) is 10.2 Å². The van der Waals surface area contributed by atoms with Crippen molar-refractivity contribution in [2.75, 3.05) is 14.2 Å². The Kier molecular flexibility index (Phi) is 6.27. The summed E-state index contributed by atoms with van der Waals surface area (Å²) in [6, 6.07) is 25.2. The summed E-state index contributed by atoms with van der Waals surface area (Å²) in [6.07, 6.45) is 1.53. The van der Waals surface area contributed by atoms with Crippen LogP contribution in [-0.4, -0.2) is 36.5 Å². The molecule has 2 N–H and O–H groups in total. The molecule has 0 unspecified atom stereocenters. The summed E-state index contributed by atoms with van der Waals surface area (Å²) >= 11 is 0. The van der Waals surface area contributed by atoms with E-state index in [4.69, 9.17) is 9.47 Å². The molecule has 0 saturated heterocycles. The first kappa shape index (κ1) is 20.9. The summed E-state index contributed by atoms with van der Waals surface area (Å²) < 4.78 is 10.5. The lowest BCUT2D eigenvalue weighted by molar-refractivity contribution is 0.0950. The van der Waals surface area contributed by atoms with Gasteiger partial charge < -0.3 is 9.47 Å². The second-order valence-electron chi connectivity index (χ2n) is 6.92. The van der Waals surface area contributed by atoms with Crippen LogP contribution in [0, 0.1) is 0 Å². The highest BCUT2D eigenvalue weighted by molar-refractivity contribution is 5.94. The molecular weight excluding hydrogens is 404 g/mol. The molecular formula is C25H22N4O3. The number of methoxy groups -OCH3 is 2. The van der Waals surface area contributed by atoms with Gasteiger partial charge in [-0.3, -0.25) is 9.89 Å². The first-order valence-corrected chi connectivity index (χ1v) is 9.94. The number of aromatic nitrogens is 2. The molecule has 0 aliphatic heterocycles. The zero-order chi connectivity index (χ0) is 22.3. The molecule has 0 spiro atoms. The third-order valence-corrected chi connectivity index (χ3v) is 4.90. The van der Waals surface area contributed by atoms with Crippen LogP contribution in [-0.2, 0) is 0 Å². The van der Waals surface area contributed by atoms with Crippen LogP contribution >= 0.6 is 0 Å². The normalized spacial score (nSPS) is 10.8. The van der Waals surface area contributed by atoms with E-state index >= 15 is 0 Å². The van der Waals surface area contributed by atoms with Crippen molar-refractivity contribution in [3.8, 4) is 33.9 Å². The maximum atomic E-state index is 12.4. The minimum absolute atomic E-state index is 0.316. The van der Waals surface area contributed by atoms with Crippen molar-refractivity contribution in [3.05, 3.63) is 90.1 Å². The highest BCUT2D eigenvalue weighted by Crippen LogP contribution is 2.27. The molecule has 1 amide bonds. The van der Waals surface area contributed by atoms with Gasteiger partial charge in [0.25, 0.3) is 5.91 Å². The number of hydrogen-bond acceptors (Lipinski definition) is 5. The summed E-state index contributed by atoms with van der Waals surface area (Å²) in [5, 5.41) is 11.0. The molecule has 0 radical (unpaired) electrons. The molecule has 0 fully saturated rings. The number of hydrogen-bond donors (Lipinski definition) is 2. The van der Waals surface area contributed by atoms with Crippen molar-refractivity contribution in [2.45, 2.75) is 0 Å². The van der Waals surface area contributed by atoms with Crippen molar-refractivity contribution in [1.82, 2.24) is 15.6 Å². The third kappa shape index (κ3) is 4.67. The molecule has 7 nitrogen and oxygen atoms in total. The summed E-state index contributed by atoms with van der Waals surface area (Å²) in [7, 11) is 3.13. The maximum absolute atomic E-state index is 12.4. The molecule has 4 aromatic rings. The lowest BCUT2D eigenvalue weighted by atomic mass is 10.0. The van der Waals surface area contributed by atoms with Crippen molar-refractivity contribution in [3.63, 3.8) is 0 Å². The Bertz CT molecular complexity index is 1230. The Morgan fingerprint density at radius 3 is 2.28 bits per heavy atom. The first-order chi connectivity index (χ1) is 15.7. The second-order valence-corrected chi connectivity index (χ2v) is 6.92. The maximum Gasteiger partial charge on any atom is 0.289 e. The molecule has 3 aromatic carbocycles. The van der Waals surface area contributed by atoms with Gasteiger partial charge >= 0.3 is 0 Å². The van der Waals surface area contributed by atoms with Gasteiger partial charge in [-0.25, -0.2) is 5.43 Å². The van der Waals surface area contributed by atoms with E-state index < -0.39 is 0 Å². The lowest BCUT2D eigenvalue weighted by Gasteiger charge is -2.07. The van der Waals surface area contributed by atoms with Gasteiger partial charge in [-0.05, 0) is 41.0 Å². The molecule has 4 rings (SSSR count). The van der Waals surface area contributed by atoms with E-state index in [-0.39, 0.29) is 5.91 Å². The average Bonchev–Trinajstić information content (AvgIpc) is 3.35. The fourth-order valence-electron chi connectivity index (χ4n) is 3.21. The molecule has 0 aliphatic carbocycles. The number of nitrogens with one attached hydrogen (secondary N) is 2. The van der Waals surface area contributed by atoms with E-state index in [0.29, 0.717) is 22.9 Å². The predicted octanol–water partition coefficient (Wildman–Crippen LogP) is 4.52. The van der Waals surface area contributed by atoms with Crippen LogP contribution < -0.4 is 14.9 Å². The second kappa shape index (κ2) is 9.61. The number of H-pyrrole nitrogens is 1. The third-order valence-electron chi connectivity index (χ3n) is 4.90. The minimum Gasteiger partial charge on any atom is -0.493 e. The number of nitrogens with zero attached hydrogens (tertiary/aromatic N) is 2. The number of hydrazone groups is 1. The summed E-state index contributed by atoms with van der Waals surface area (Å²) in [5.41, 5.74) is 7.42. The van der Waals surface area contributed by atoms with Crippen LogP contribution in [0.1, 0.15) is 16.1 Å². The van der Waals surface area contributed by atoms with Crippen LogP contribution in [0.3, 0.4) is 0 Å². The topological polar surface area (TPSA) is 88.6 Å². The van der Waals surface area contributed by atoms with E-state index in [2.05, 4.69) is 32.9 Å². The zero-order valence-electron chi connectivity index (χ0n) is 17.7. The van der Waals surface area contributed by atoms with Gasteiger partial charge in [0, 0.05) is 5.56 Å². The SMILES string of the molecule is COc1ccc(/C=N/NC(=O)c2cc(-c3ccc(-c4ccccc4)cc3)n[nH]2)cc1OC. The zero-order valence-corrected chi connectivity index (χ0v) is 17.7. The molecule has 0 atom stereocenters. The van der Waals surface area contributed by atoms with Crippen molar-refractivity contribution >= 4 is 12.1 Å². The number of rotatable bonds is 7. The Balaban J connectivity index is 1.41. The molecule has 32 heavy (non-hydrogen) atoms. The van der Waals surface area contributed by atoms with Crippen LogP contribution in [0.5, 0.6) is 11.5 Å². The van der Waals surface area contributed by atoms with Crippen LogP contribution in [0.25, 0.3) is 22.4 Å². The van der Waals surface area contributed by atoms with E-state index in [1.54, 1.807) is 32.4 Å². The Morgan fingerprint density at radius 1 is 0.875 bits per heavy atom. The number of ether oxygens (including phenoxy) is 2. The molecule has 0 aliphatic rings. The summed E-state index contributed by atoms with van der Waals surface area (Å²) in [6.45, 7) is 0. The van der Waals surface area contributed by atoms with E-state index in [9.17, 15) is 4.79 Å². The molecule has 160 valence electrons. The van der Waals surface area contributed by atoms with E-state index in [0.717, 1.165) is 22.3 Å². The van der Waals surface area contributed by atoms with E-state index in [1.807, 2.05) is 48.5 Å². The highest BCUT2D eigenvalue weighted by Gasteiger charge is 2.11.